The molecule has 0 saturated carbocycles. The molecule has 0 amide bonds. The molecule has 0 atom stereocenters. The first-order valence-corrected chi connectivity index (χ1v) is 17.3. The fraction of sp³-hybridized carbons (Fsp3) is 0.484. The molecule has 1 spiro atoms. The summed E-state index contributed by atoms with van der Waals surface area (Å²) in [5, 5.41) is 7.79. The minimum absolute atomic E-state index is 0.372. The maximum atomic E-state index is 13.2. The highest BCUT2D eigenvalue weighted by atomic mass is 35.5. The third-order valence-electron chi connectivity index (χ3n) is 8.91. The first kappa shape index (κ1) is 29.7. The van der Waals surface area contributed by atoms with Crippen molar-refractivity contribution in [1.29, 1.82) is 0 Å². The zero-order valence-corrected chi connectivity index (χ0v) is 26.7. The van der Waals surface area contributed by atoms with Gasteiger partial charge in [0.15, 0.2) is 5.82 Å². The molecule has 2 N–H and O–H groups in total. The lowest BCUT2D eigenvalue weighted by Gasteiger charge is -2.47. The van der Waals surface area contributed by atoms with Gasteiger partial charge in [-0.2, -0.15) is 4.98 Å². The predicted octanol–water partition coefficient (Wildman–Crippen LogP) is 6.80. The van der Waals surface area contributed by atoms with Crippen LogP contribution in [0, 0.1) is 19.3 Å². The highest BCUT2D eigenvalue weighted by Gasteiger charge is 2.37. The van der Waals surface area contributed by atoms with E-state index < -0.39 is 7.14 Å². The van der Waals surface area contributed by atoms with Crippen molar-refractivity contribution in [3.8, 4) is 5.75 Å². The van der Waals surface area contributed by atoms with Crippen LogP contribution >= 0.6 is 18.7 Å². The van der Waals surface area contributed by atoms with Crippen molar-refractivity contribution in [2.24, 2.45) is 5.41 Å². The van der Waals surface area contributed by atoms with E-state index in [-0.39, 0.29) is 0 Å². The van der Waals surface area contributed by atoms with Crippen molar-refractivity contribution in [2.75, 3.05) is 69.2 Å². The SMILES string of the molecule is COc1cc(N2CCC3(CCN(C)CC3)CC2)ccc1Nc1ncc(Cl)c(Nc2ccc(C)c(C)c2P(C)(C)=O)n1. The Labute approximate surface area is 249 Å². The third kappa shape index (κ3) is 6.50. The molecule has 0 bridgehead atoms. The van der Waals surface area contributed by atoms with E-state index in [1.807, 2.05) is 32.0 Å². The molecular formula is C31H42ClN6O2P. The van der Waals surface area contributed by atoms with Gasteiger partial charge < -0.3 is 29.7 Å². The van der Waals surface area contributed by atoms with Gasteiger partial charge in [-0.3, -0.25) is 0 Å². The van der Waals surface area contributed by atoms with Crippen molar-refractivity contribution in [1.82, 2.24) is 14.9 Å². The summed E-state index contributed by atoms with van der Waals surface area (Å²) in [6, 6.07) is 10.2. The number of ether oxygens (including phenoxy) is 1. The van der Waals surface area contributed by atoms with Crippen molar-refractivity contribution in [3.05, 3.63) is 52.7 Å². The zero-order valence-electron chi connectivity index (χ0n) is 25.1. The quantitative estimate of drug-likeness (QED) is 0.288. The van der Waals surface area contributed by atoms with Crippen LogP contribution in [0.1, 0.15) is 36.8 Å². The van der Waals surface area contributed by atoms with Gasteiger partial charge in [-0.05, 0) is 108 Å². The van der Waals surface area contributed by atoms with E-state index in [2.05, 4.69) is 49.6 Å². The van der Waals surface area contributed by atoms with Crippen LogP contribution < -0.4 is 25.6 Å². The van der Waals surface area contributed by atoms with E-state index in [1.165, 1.54) is 44.5 Å². The summed E-state index contributed by atoms with van der Waals surface area (Å²) in [7, 11) is 1.34. The van der Waals surface area contributed by atoms with Gasteiger partial charge in [-0.1, -0.05) is 17.7 Å². The molecule has 2 fully saturated rings. The van der Waals surface area contributed by atoms with Crippen LogP contribution in [0.2, 0.25) is 5.02 Å². The molecule has 2 saturated heterocycles. The predicted molar refractivity (Wildman–Crippen MR) is 172 cm³/mol. The highest BCUT2D eigenvalue weighted by Crippen LogP contribution is 2.43. The van der Waals surface area contributed by atoms with E-state index in [4.69, 9.17) is 16.3 Å². The number of methoxy groups -OCH3 is 1. The van der Waals surface area contributed by atoms with Crippen molar-refractivity contribution in [2.45, 2.75) is 39.5 Å². The van der Waals surface area contributed by atoms with Gasteiger partial charge in [-0.15, -0.1) is 0 Å². The summed E-state index contributed by atoms with van der Waals surface area (Å²) in [5.74, 6) is 1.55. The second kappa shape index (κ2) is 11.8. The van der Waals surface area contributed by atoms with Gasteiger partial charge in [0.1, 0.15) is 17.9 Å². The lowest BCUT2D eigenvalue weighted by molar-refractivity contribution is 0.0945. The number of rotatable bonds is 7. The number of piperidine rings is 2. The number of nitrogens with zero attached hydrogens (tertiary/aromatic N) is 4. The van der Waals surface area contributed by atoms with Crippen molar-refractivity contribution in [3.63, 3.8) is 0 Å². The molecule has 1 aromatic heterocycles. The summed E-state index contributed by atoms with van der Waals surface area (Å²) in [6.45, 7) is 12.1. The molecule has 41 heavy (non-hydrogen) atoms. The number of halogens is 1. The molecule has 2 aliphatic rings. The van der Waals surface area contributed by atoms with Gasteiger partial charge in [0.25, 0.3) is 0 Å². The van der Waals surface area contributed by atoms with Crippen molar-refractivity contribution >= 4 is 52.9 Å². The van der Waals surface area contributed by atoms with Gasteiger partial charge in [0.05, 0.1) is 24.7 Å². The molecule has 8 nitrogen and oxygen atoms in total. The normalized spacial score (nSPS) is 17.5. The number of nitrogens with one attached hydrogen (secondary N) is 2. The summed E-state index contributed by atoms with van der Waals surface area (Å²) in [5.41, 5.74) is 5.28. The monoisotopic (exact) mass is 596 g/mol. The molecule has 0 aliphatic carbocycles. The average Bonchev–Trinajstić information content (AvgIpc) is 2.94. The number of anilines is 5. The summed E-state index contributed by atoms with van der Waals surface area (Å²) in [4.78, 5) is 14.0. The van der Waals surface area contributed by atoms with Crippen LogP contribution in [0.25, 0.3) is 0 Å². The number of hydrogen-bond acceptors (Lipinski definition) is 8. The van der Waals surface area contributed by atoms with E-state index in [0.717, 1.165) is 46.6 Å². The number of likely N-dealkylation sites (tertiary alicyclic amines) is 1. The fourth-order valence-corrected chi connectivity index (χ4v) is 8.00. The van der Waals surface area contributed by atoms with Gasteiger partial charge in [-0.25, -0.2) is 4.98 Å². The summed E-state index contributed by atoms with van der Waals surface area (Å²) in [6.07, 6.45) is 6.66. The smallest absolute Gasteiger partial charge is 0.229 e. The van der Waals surface area contributed by atoms with E-state index in [9.17, 15) is 4.57 Å². The Hall–Kier alpha value is -2.80. The molecule has 2 aromatic carbocycles. The zero-order chi connectivity index (χ0) is 29.4. The fourth-order valence-electron chi connectivity index (χ4n) is 6.17. The molecule has 0 radical (unpaired) electrons. The largest absolute Gasteiger partial charge is 0.494 e. The third-order valence-corrected chi connectivity index (χ3v) is 10.8. The molecule has 3 aromatic rings. The topological polar surface area (TPSA) is 82.6 Å². The average molecular weight is 597 g/mol. The minimum atomic E-state index is -2.57. The molecule has 220 valence electrons. The van der Waals surface area contributed by atoms with Crippen LogP contribution in [-0.2, 0) is 4.57 Å². The maximum absolute atomic E-state index is 13.2. The van der Waals surface area contributed by atoms with Crippen LogP contribution in [-0.4, -0.2) is 68.5 Å². The number of aryl methyl sites for hydroxylation is 1. The second-order valence-corrected chi connectivity index (χ2v) is 15.6. The molecule has 5 rings (SSSR count). The minimum Gasteiger partial charge on any atom is -0.494 e. The Morgan fingerprint density at radius 1 is 0.976 bits per heavy atom. The Morgan fingerprint density at radius 3 is 2.29 bits per heavy atom. The summed E-state index contributed by atoms with van der Waals surface area (Å²) < 4.78 is 18.9. The molecule has 0 unspecified atom stereocenters. The lowest BCUT2D eigenvalue weighted by Crippen LogP contribution is -2.46. The maximum Gasteiger partial charge on any atom is 0.229 e. The first-order valence-electron chi connectivity index (χ1n) is 14.3. The molecular weight excluding hydrogens is 555 g/mol. The summed E-state index contributed by atoms with van der Waals surface area (Å²) >= 11 is 6.50. The Kier molecular flexibility index (Phi) is 8.56. The van der Waals surface area contributed by atoms with Gasteiger partial charge in [0, 0.05) is 30.1 Å². The number of benzene rings is 2. The number of hydrogen-bond donors (Lipinski definition) is 2. The first-order chi connectivity index (χ1) is 19.5. The van der Waals surface area contributed by atoms with Crippen molar-refractivity contribution < 1.29 is 9.30 Å². The van der Waals surface area contributed by atoms with E-state index >= 15 is 0 Å². The second-order valence-electron chi connectivity index (χ2n) is 12.1. The molecule has 2 aliphatic heterocycles. The Bertz CT molecular complexity index is 1460. The standard InChI is InChI=1S/C31H42ClN6O2P/c1-21-7-9-26(28(22(21)2)41(5,6)39)34-29-24(32)20-33-30(36-29)35-25-10-8-23(19-27(25)40-4)38-17-13-31(14-18-38)11-15-37(3)16-12-31/h7-10,19-20H,11-18H2,1-6H3,(H2,33,34,35,36). The Balaban J connectivity index is 1.33. The van der Waals surface area contributed by atoms with Gasteiger partial charge >= 0.3 is 0 Å². The highest BCUT2D eigenvalue weighted by molar-refractivity contribution is 7.70. The van der Waals surface area contributed by atoms with Gasteiger partial charge in [0.2, 0.25) is 5.95 Å². The van der Waals surface area contributed by atoms with Crippen LogP contribution in [0.3, 0.4) is 0 Å². The van der Waals surface area contributed by atoms with Crippen LogP contribution in [0.15, 0.2) is 36.5 Å². The van der Waals surface area contributed by atoms with E-state index in [1.54, 1.807) is 26.6 Å². The van der Waals surface area contributed by atoms with Crippen LogP contribution in [0.5, 0.6) is 5.75 Å². The number of aromatic nitrogens is 2. The lowest BCUT2D eigenvalue weighted by atomic mass is 9.71. The molecule has 10 heteroatoms. The molecule has 3 heterocycles. The van der Waals surface area contributed by atoms with Crippen LogP contribution in [0.4, 0.5) is 28.8 Å². The Morgan fingerprint density at radius 2 is 1.63 bits per heavy atom. The van der Waals surface area contributed by atoms with E-state index in [0.29, 0.717) is 22.2 Å².